The SMILES string of the molecule is Cc1cnc(N)c(C(=O)c2cncn2C)c1. The van der Waals surface area contributed by atoms with E-state index in [4.69, 9.17) is 5.73 Å². The molecule has 2 rings (SSSR count). The van der Waals surface area contributed by atoms with Crippen molar-refractivity contribution < 1.29 is 4.79 Å². The Labute approximate surface area is 92.9 Å². The standard InChI is InChI=1S/C11H12N4O/c1-7-3-8(11(12)14-4-7)10(16)9-5-13-6-15(9)2/h3-6H,1-2H3,(H2,12,14). The topological polar surface area (TPSA) is 73.8 Å². The zero-order chi connectivity index (χ0) is 11.7. The molecule has 2 N–H and O–H groups in total. The molecule has 0 radical (unpaired) electrons. The summed E-state index contributed by atoms with van der Waals surface area (Å²) in [5.41, 5.74) is 7.51. The van der Waals surface area contributed by atoms with Crippen LogP contribution >= 0.6 is 0 Å². The lowest BCUT2D eigenvalue weighted by molar-refractivity contribution is 0.103. The van der Waals surface area contributed by atoms with Crippen LogP contribution in [-0.4, -0.2) is 20.3 Å². The highest BCUT2D eigenvalue weighted by molar-refractivity contribution is 6.10. The van der Waals surface area contributed by atoms with Gasteiger partial charge in [-0.1, -0.05) is 0 Å². The van der Waals surface area contributed by atoms with Crippen molar-refractivity contribution in [3.8, 4) is 0 Å². The third-order valence-electron chi connectivity index (χ3n) is 2.35. The van der Waals surface area contributed by atoms with Crippen LogP contribution in [0.4, 0.5) is 5.82 Å². The van der Waals surface area contributed by atoms with Crippen LogP contribution in [0.5, 0.6) is 0 Å². The van der Waals surface area contributed by atoms with Gasteiger partial charge in [-0.2, -0.15) is 0 Å². The summed E-state index contributed by atoms with van der Waals surface area (Å²) in [5.74, 6) is 0.0884. The molecule has 0 fully saturated rings. The Hall–Kier alpha value is -2.17. The maximum atomic E-state index is 12.1. The van der Waals surface area contributed by atoms with Gasteiger partial charge in [-0.25, -0.2) is 9.97 Å². The van der Waals surface area contributed by atoms with Gasteiger partial charge in [0.1, 0.15) is 11.5 Å². The number of nitrogen functional groups attached to an aromatic ring is 1. The van der Waals surface area contributed by atoms with Gasteiger partial charge in [-0.15, -0.1) is 0 Å². The first-order chi connectivity index (χ1) is 7.59. The minimum Gasteiger partial charge on any atom is -0.383 e. The van der Waals surface area contributed by atoms with E-state index in [1.165, 1.54) is 6.20 Å². The summed E-state index contributed by atoms with van der Waals surface area (Å²) in [7, 11) is 1.76. The lowest BCUT2D eigenvalue weighted by Gasteiger charge is -2.05. The molecule has 0 bridgehead atoms. The molecule has 0 amide bonds. The predicted molar refractivity (Wildman–Crippen MR) is 60.0 cm³/mol. The maximum Gasteiger partial charge on any atom is 0.214 e. The Morgan fingerprint density at radius 1 is 1.44 bits per heavy atom. The summed E-state index contributed by atoms with van der Waals surface area (Å²) in [6.45, 7) is 1.87. The average Bonchev–Trinajstić information content (AvgIpc) is 2.67. The number of hydrogen-bond acceptors (Lipinski definition) is 4. The molecule has 0 atom stereocenters. The number of ketones is 1. The number of carbonyl (C=O) groups is 1. The second kappa shape index (κ2) is 3.77. The van der Waals surface area contributed by atoms with Crippen molar-refractivity contribution in [1.29, 1.82) is 0 Å². The van der Waals surface area contributed by atoms with Gasteiger partial charge in [0, 0.05) is 13.2 Å². The fourth-order valence-electron chi connectivity index (χ4n) is 1.48. The summed E-state index contributed by atoms with van der Waals surface area (Å²) >= 11 is 0. The first kappa shape index (κ1) is 10.4. The van der Waals surface area contributed by atoms with Crippen LogP contribution in [0.15, 0.2) is 24.8 Å². The number of aryl methyl sites for hydroxylation is 2. The quantitative estimate of drug-likeness (QED) is 0.758. The monoisotopic (exact) mass is 216 g/mol. The number of nitrogens with zero attached hydrogens (tertiary/aromatic N) is 3. The highest BCUT2D eigenvalue weighted by Crippen LogP contribution is 2.15. The summed E-state index contributed by atoms with van der Waals surface area (Å²) in [5, 5.41) is 0. The molecule has 2 aromatic heterocycles. The first-order valence-electron chi connectivity index (χ1n) is 4.82. The minimum absolute atomic E-state index is 0.159. The van der Waals surface area contributed by atoms with Gasteiger partial charge in [0.15, 0.2) is 0 Å². The van der Waals surface area contributed by atoms with Gasteiger partial charge in [0.25, 0.3) is 0 Å². The van der Waals surface area contributed by atoms with Crippen LogP contribution in [0.25, 0.3) is 0 Å². The minimum atomic E-state index is -0.159. The van der Waals surface area contributed by atoms with E-state index < -0.39 is 0 Å². The van der Waals surface area contributed by atoms with Crippen LogP contribution < -0.4 is 5.73 Å². The van der Waals surface area contributed by atoms with Crippen molar-refractivity contribution in [2.24, 2.45) is 7.05 Å². The smallest absolute Gasteiger partial charge is 0.214 e. The van der Waals surface area contributed by atoms with Gasteiger partial charge < -0.3 is 10.3 Å². The Morgan fingerprint density at radius 3 is 2.81 bits per heavy atom. The van der Waals surface area contributed by atoms with Gasteiger partial charge in [0.2, 0.25) is 5.78 Å². The number of rotatable bonds is 2. The Balaban J connectivity index is 2.49. The number of anilines is 1. The molecule has 5 heteroatoms. The summed E-state index contributed by atoms with van der Waals surface area (Å²) in [6, 6.07) is 1.73. The van der Waals surface area contributed by atoms with Gasteiger partial charge in [0.05, 0.1) is 18.1 Å². The Morgan fingerprint density at radius 2 is 2.19 bits per heavy atom. The van der Waals surface area contributed by atoms with Crippen molar-refractivity contribution in [3.63, 3.8) is 0 Å². The number of nitrogens with two attached hydrogens (primary N) is 1. The number of pyridine rings is 1. The molecule has 0 spiro atoms. The molecule has 2 aromatic rings. The third-order valence-corrected chi connectivity index (χ3v) is 2.35. The summed E-state index contributed by atoms with van der Waals surface area (Å²) in [4.78, 5) is 20.0. The molecule has 0 saturated carbocycles. The van der Waals surface area contributed by atoms with Gasteiger partial charge in [-0.3, -0.25) is 4.79 Å². The molecule has 16 heavy (non-hydrogen) atoms. The molecule has 0 aliphatic carbocycles. The maximum absolute atomic E-state index is 12.1. The van der Waals surface area contributed by atoms with Crippen molar-refractivity contribution in [1.82, 2.24) is 14.5 Å². The van der Waals surface area contributed by atoms with Crippen LogP contribution in [0.1, 0.15) is 21.6 Å². The van der Waals surface area contributed by atoms with E-state index in [0.29, 0.717) is 11.3 Å². The molecule has 0 aliphatic heterocycles. The van der Waals surface area contributed by atoms with Crippen molar-refractivity contribution in [2.45, 2.75) is 6.92 Å². The van der Waals surface area contributed by atoms with E-state index in [-0.39, 0.29) is 11.6 Å². The van der Waals surface area contributed by atoms with Gasteiger partial charge >= 0.3 is 0 Å². The Bertz CT molecular complexity index is 545. The van der Waals surface area contributed by atoms with Crippen molar-refractivity contribution >= 4 is 11.6 Å². The van der Waals surface area contributed by atoms with E-state index in [1.807, 2.05) is 6.92 Å². The largest absolute Gasteiger partial charge is 0.383 e. The number of aromatic nitrogens is 3. The fourth-order valence-corrected chi connectivity index (χ4v) is 1.48. The molecule has 0 unspecified atom stereocenters. The van der Waals surface area contributed by atoms with Crippen LogP contribution in [0, 0.1) is 6.92 Å². The molecular weight excluding hydrogens is 204 g/mol. The highest BCUT2D eigenvalue weighted by Gasteiger charge is 2.16. The predicted octanol–water partition coefficient (Wildman–Crippen LogP) is 0.937. The highest BCUT2D eigenvalue weighted by atomic mass is 16.1. The van der Waals surface area contributed by atoms with Crippen LogP contribution in [0.2, 0.25) is 0 Å². The van der Waals surface area contributed by atoms with E-state index in [9.17, 15) is 4.79 Å². The van der Waals surface area contributed by atoms with E-state index in [2.05, 4.69) is 9.97 Å². The number of carbonyl (C=O) groups excluding carboxylic acids is 1. The van der Waals surface area contributed by atoms with E-state index in [0.717, 1.165) is 5.56 Å². The second-order valence-electron chi connectivity index (χ2n) is 3.66. The molecule has 82 valence electrons. The Kier molecular flexibility index (Phi) is 2.44. The fraction of sp³-hybridized carbons (Fsp3) is 0.182. The third kappa shape index (κ3) is 1.67. The molecule has 5 nitrogen and oxygen atoms in total. The second-order valence-corrected chi connectivity index (χ2v) is 3.66. The van der Waals surface area contributed by atoms with E-state index in [1.54, 1.807) is 30.2 Å². The summed E-state index contributed by atoms with van der Waals surface area (Å²) < 4.78 is 1.66. The molecule has 0 saturated heterocycles. The molecule has 0 aromatic carbocycles. The number of hydrogen-bond donors (Lipinski definition) is 1. The average molecular weight is 216 g/mol. The lowest BCUT2D eigenvalue weighted by atomic mass is 10.1. The molecule has 2 heterocycles. The normalized spacial score (nSPS) is 10.4. The van der Waals surface area contributed by atoms with Crippen molar-refractivity contribution in [3.05, 3.63) is 41.6 Å². The van der Waals surface area contributed by atoms with Crippen LogP contribution in [-0.2, 0) is 7.05 Å². The molecular formula is C11H12N4O. The zero-order valence-corrected chi connectivity index (χ0v) is 9.14. The first-order valence-corrected chi connectivity index (χ1v) is 4.82. The molecule has 0 aliphatic rings. The number of imidazole rings is 1. The van der Waals surface area contributed by atoms with Crippen molar-refractivity contribution in [2.75, 3.05) is 5.73 Å². The zero-order valence-electron chi connectivity index (χ0n) is 9.14. The van der Waals surface area contributed by atoms with Crippen LogP contribution in [0.3, 0.4) is 0 Å². The summed E-state index contributed by atoms with van der Waals surface area (Å²) in [6.07, 6.45) is 4.73. The van der Waals surface area contributed by atoms with Gasteiger partial charge in [-0.05, 0) is 18.6 Å². The lowest BCUT2D eigenvalue weighted by Crippen LogP contribution is -2.10. The van der Waals surface area contributed by atoms with E-state index >= 15 is 0 Å².